The van der Waals surface area contributed by atoms with Crippen molar-refractivity contribution in [3.05, 3.63) is 102 Å². The summed E-state index contributed by atoms with van der Waals surface area (Å²) in [7, 11) is -0.136. The molecular formula is C28H29N3O3S. The van der Waals surface area contributed by atoms with Crippen molar-refractivity contribution in [2.75, 3.05) is 23.7 Å². The molecular weight excluding hydrogens is 458 g/mol. The van der Waals surface area contributed by atoms with Gasteiger partial charge in [-0.1, -0.05) is 73.7 Å². The highest BCUT2D eigenvalue weighted by Gasteiger charge is 2.22. The molecule has 1 atom stereocenters. The largest absolute Gasteiger partial charge is 0.377 e. The number of hydrogen-bond acceptors (Lipinski definition) is 4. The minimum absolute atomic E-state index is 0.157. The van der Waals surface area contributed by atoms with Gasteiger partial charge in [0.2, 0.25) is 0 Å². The van der Waals surface area contributed by atoms with Crippen molar-refractivity contribution in [1.82, 2.24) is 5.32 Å². The summed E-state index contributed by atoms with van der Waals surface area (Å²) < 4.78 is 29.7. The van der Waals surface area contributed by atoms with Gasteiger partial charge in [0.15, 0.2) is 0 Å². The van der Waals surface area contributed by atoms with Crippen LogP contribution in [0.15, 0.2) is 95.9 Å². The molecule has 0 fully saturated rings. The number of hydrogen-bond donors (Lipinski definition) is 2. The minimum atomic E-state index is -3.97. The lowest BCUT2D eigenvalue weighted by Crippen LogP contribution is -2.29. The Morgan fingerprint density at radius 2 is 1.49 bits per heavy atom. The molecule has 4 aromatic carbocycles. The molecule has 4 rings (SSSR count). The third-order valence-electron chi connectivity index (χ3n) is 5.96. The Kier molecular flexibility index (Phi) is 7.07. The maximum Gasteiger partial charge on any atom is 0.262 e. The van der Waals surface area contributed by atoms with Crippen LogP contribution in [0.2, 0.25) is 0 Å². The number of carbonyl (C=O) groups excluding carboxylic acids is 1. The van der Waals surface area contributed by atoms with Crippen LogP contribution in [-0.4, -0.2) is 28.4 Å². The molecule has 0 aromatic heterocycles. The van der Waals surface area contributed by atoms with Crippen LogP contribution in [-0.2, 0) is 10.0 Å². The number of rotatable bonds is 8. The second-order valence-corrected chi connectivity index (χ2v) is 10.2. The topological polar surface area (TPSA) is 78.5 Å². The Balaban J connectivity index is 1.67. The molecule has 0 saturated carbocycles. The molecule has 1 amide bonds. The van der Waals surface area contributed by atoms with Crippen molar-refractivity contribution in [2.24, 2.45) is 0 Å². The van der Waals surface area contributed by atoms with E-state index in [2.05, 4.69) is 10.0 Å². The Hall–Kier alpha value is -3.84. The molecule has 0 aliphatic carbocycles. The summed E-state index contributed by atoms with van der Waals surface area (Å²) in [5, 5.41) is 4.48. The SMILES string of the molecule is CC[C@H](NC(=O)c1ccccc1NS(=O)(=O)c1cccc2c(N(C)C)cccc12)c1ccccc1. The Labute approximate surface area is 206 Å². The first-order valence-corrected chi connectivity index (χ1v) is 13.0. The van der Waals surface area contributed by atoms with E-state index in [-0.39, 0.29) is 28.1 Å². The van der Waals surface area contributed by atoms with Crippen LogP contribution < -0.4 is 14.9 Å². The number of fused-ring (bicyclic) bond motifs is 1. The first-order valence-electron chi connectivity index (χ1n) is 11.5. The average Bonchev–Trinajstić information content (AvgIpc) is 2.86. The average molecular weight is 488 g/mol. The smallest absolute Gasteiger partial charge is 0.262 e. The van der Waals surface area contributed by atoms with Crippen LogP contribution in [0, 0.1) is 0 Å². The Morgan fingerprint density at radius 1 is 0.829 bits per heavy atom. The molecule has 6 nitrogen and oxygen atoms in total. The van der Waals surface area contributed by atoms with E-state index in [1.165, 1.54) is 0 Å². The first kappa shape index (κ1) is 24.3. The van der Waals surface area contributed by atoms with Gasteiger partial charge < -0.3 is 10.2 Å². The number of para-hydroxylation sites is 1. The fraction of sp³-hybridized carbons (Fsp3) is 0.179. The summed E-state index contributed by atoms with van der Waals surface area (Å²) in [6, 6.07) is 27.0. The lowest BCUT2D eigenvalue weighted by atomic mass is 10.0. The van der Waals surface area contributed by atoms with E-state index < -0.39 is 10.0 Å². The summed E-state index contributed by atoms with van der Waals surface area (Å²) in [6.45, 7) is 2.00. The second-order valence-electron chi connectivity index (χ2n) is 8.52. The van der Waals surface area contributed by atoms with Gasteiger partial charge in [0, 0.05) is 30.6 Å². The van der Waals surface area contributed by atoms with Crippen molar-refractivity contribution in [2.45, 2.75) is 24.3 Å². The van der Waals surface area contributed by atoms with Crippen LogP contribution in [0.5, 0.6) is 0 Å². The highest BCUT2D eigenvalue weighted by Crippen LogP contribution is 2.31. The number of nitrogens with one attached hydrogen (secondary N) is 2. The Morgan fingerprint density at radius 3 is 2.20 bits per heavy atom. The maximum absolute atomic E-state index is 13.5. The standard InChI is InChI=1S/C28H29N3O3S/c1-4-24(20-12-6-5-7-13-20)29-28(32)23-14-8-9-17-25(23)30-35(33,34)27-19-11-15-21-22(27)16-10-18-26(21)31(2)3/h5-19,24,30H,4H2,1-3H3,(H,29,32)/t24-/m0/s1. The molecule has 180 valence electrons. The number of nitrogens with zero attached hydrogens (tertiary/aromatic N) is 1. The third kappa shape index (κ3) is 5.15. The van der Waals surface area contributed by atoms with E-state index in [1.807, 2.05) is 74.4 Å². The van der Waals surface area contributed by atoms with Crippen molar-refractivity contribution in [1.29, 1.82) is 0 Å². The van der Waals surface area contributed by atoms with Gasteiger partial charge in [0.1, 0.15) is 0 Å². The summed E-state index contributed by atoms with van der Waals surface area (Å²) in [5.41, 5.74) is 2.41. The van der Waals surface area contributed by atoms with Gasteiger partial charge >= 0.3 is 0 Å². The summed E-state index contributed by atoms with van der Waals surface area (Å²) in [6.07, 6.45) is 0.702. The number of amides is 1. The molecule has 2 N–H and O–H groups in total. The minimum Gasteiger partial charge on any atom is -0.377 e. The molecule has 0 unspecified atom stereocenters. The van der Waals surface area contributed by atoms with Gasteiger partial charge in [-0.25, -0.2) is 8.42 Å². The van der Waals surface area contributed by atoms with Gasteiger partial charge in [-0.05, 0) is 36.2 Å². The number of carbonyl (C=O) groups is 1. The Bertz CT molecular complexity index is 1450. The lowest BCUT2D eigenvalue weighted by Gasteiger charge is -2.20. The monoisotopic (exact) mass is 487 g/mol. The molecule has 0 saturated heterocycles. The zero-order chi connectivity index (χ0) is 25.0. The van der Waals surface area contributed by atoms with Crippen molar-refractivity contribution in [3.63, 3.8) is 0 Å². The van der Waals surface area contributed by atoms with Crippen molar-refractivity contribution >= 4 is 38.1 Å². The van der Waals surface area contributed by atoms with E-state index in [0.29, 0.717) is 11.8 Å². The van der Waals surface area contributed by atoms with E-state index in [1.54, 1.807) is 42.5 Å². The molecule has 0 radical (unpaired) electrons. The maximum atomic E-state index is 13.5. The molecule has 0 spiro atoms. The van der Waals surface area contributed by atoms with E-state index in [0.717, 1.165) is 16.6 Å². The van der Waals surface area contributed by atoms with Gasteiger partial charge in [0.05, 0.1) is 22.2 Å². The van der Waals surface area contributed by atoms with Gasteiger partial charge in [-0.15, -0.1) is 0 Å². The number of benzene rings is 4. The second kappa shape index (κ2) is 10.2. The van der Waals surface area contributed by atoms with Gasteiger partial charge in [-0.3, -0.25) is 9.52 Å². The fourth-order valence-corrected chi connectivity index (χ4v) is 5.50. The van der Waals surface area contributed by atoms with Gasteiger partial charge in [-0.2, -0.15) is 0 Å². The van der Waals surface area contributed by atoms with E-state index >= 15 is 0 Å². The van der Waals surface area contributed by atoms with Crippen LogP contribution in [0.25, 0.3) is 10.8 Å². The summed E-state index contributed by atoms with van der Waals surface area (Å²) in [4.78, 5) is 15.3. The van der Waals surface area contributed by atoms with Crippen LogP contribution in [0.3, 0.4) is 0 Å². The first-order chi connectivity index (χ1) is 16.8. The number of sulfonamides is 1. The third-order valence-corrected chi connectivity index (χ3v) is 7.39. The van der Waals surface area contributed by atoms with Gasteiger partial charge in [0.25, 0.3) is 15.9 Å². The zero-order valence-electron chi connectivity index (χ0n) is 20.0. The highest BCUT2D eigenvalue weighted by molar-refractivity contribution is 7.93. The predicted octanol–water partition coefficient (Wildman–Crippen LogP) is 5.59. The molecule has 4 aromatic rings. The van der Waals surface area contributed by atoms with Crippen LogP contribution in [0.4, 0.5) is 11.4 Å². The summed E-state index contributed by atoms with van der Waals surface area (Å²) >= 11 is 0. The molecule has 0 aliphatic rings. The summed E-state index contributed by atoms with van der Waals surface area (Å²) in [5.74, 6) is -0.341. The molecule has 0 bridgehead atoms. The molecule has 35 heavy (non-hydrogen) atoms. The molecule has 7 heteroatoms. The molecule has 0 aliphatic heterocycles. The fourth-order valence-electron chi connectivity index (χ4n) is 4.20. The lowest BCUT2D eigenvalue weighted by molar-refractivity contribution is 0.0936. The van der Waals surface area contributed by atoms with E-state index in [9.17, 15) is 13.2 Å². The highest BCUT2D eigenvalue weighted by atomic mass is 32.2. The van der Waals surface area contributed by atoms with E-state index in [4.69, 9.17) is 0 Å². The number of anilines is 2. The predicted molar refractivity (Wildman–Crippen MR) is 142 cm³/mol. The van der Waals surface area contributed by atoms with Crippen molar-refractivity contribution < 1.29 is 13.2 Å². The zero-order valence-corrected chi connectivity index (χ0v) is 20.8. The van der Waals surface area contributed by atoms with Crippen LogP contribution >= 0.6 is 0 Å². The quantitative estimate of drug-likeness (QED) is 0.340. The normalized spacial score (nSPS) is 12.2. The van der Waals surface area contributed by atoms with Crippen LogP contribution in [0.1, 0.15) is 35.3 Å². The molecule has 0 heterocycles. The van der Waals surface area contributed by atoms with Crippen molar-refractivity contribution in [3.8, 4) is 0 Å².